The largest absolute Gasteiger partial charge is 0.302 e. The Morgan fingerprint density at radius 3 is 2.56 bits per heavy atom. The molecule has 0 aliphatic carbocycles. The van der Waals surface area contributed by atoms with Crippen molar-refractivity contribution in [3.8, 4) is 10.6 Å². The molecule has 25 heavy (non-hydrogen) atoms. The predicted molar refractivity (Wildman–Crippen MR) is 95.1 cm³/mol. The van der Waals surface area contributed by atoms with Gasteiger partial charge in [-0.15, -0.1) is 11.3 Å². The fourth-order valence-corrected chi connectivity index (χ4v) is 4.46. The van der Waals surface area contributed by atoms with Gasteiger partial charge in [-0.1, -0.05) is 11.6 Å². The van der Waals surface area contributed by atoms with Crippen LogP contribution in [0.5, 0.6) is 0 Å². The number of carbonyl (C=O) groups excluding carboxylic acids is 1. The molecule has 0 saturated carbocycles. The number of sulfone groups is 1. The van der Waals surface area contributed by atoms with E-state index in [0.29, 0.717) is 5.01 Å². The molecule has 0 bridgehead atoms. The first-order valence-corrected chi connectivity index (χ1v) is 10.1. The summed E-state index contributed by atoms with van der Waals surface area (Å²) in [5.74, 6) is -0.593. The van der Waals surface area contributed by atoms with Crippen molar-refractivity contribution in [2.24, 2.45) is 7.05 Å². The Bertz CT molecular complexity index is 1130. The van der Waals surface area contributed by atoms with Crippen LogP contribution in [0.1, 0.15) is 15.9 Å². The van der Waals surface area contributed by atoms with E-state index in [4.69, 9.17) is 11.6 Å². The number of H-pyrrole nitrogens is 1. The van der Waals surface area contributed by atoms with Crippen LogP contribution in [0, 0.1) is 0 Å². The second-order valence-corrected chi connectivity index (χ2v) is 8.55. The number of rotatable bonds is 4. The van der Waals surface area contributed by atoms with Gasteiger partial charge in [-0.25, -0.2) is 13.4 Å². The minimum absolute atomic E-state index is 0.0222. The molecule has 10 heteroatoms. The molecule has 0 amide bonds. The first-order chi connectivity index (χ1) is 11.7. The predicted octanol–water partition coefficient (Wildman–Crippen LogP) is 2.12. The summed E-state index contributed by atoms with van der Waals surface area (Å²) in [6, 6.07) is 2.62. The lowest BCUT2D eigenvalue weighted by Gasteiger charge is -2.11. The summed E-state index contributed by atoms with van der Waals surface area (Å²) in [5, 5.41) is 4.62. The highest BCUT2D eigenvalue weighted by Crippen LogP contribution is 2.38. The number of aromatic nitrogens is 3. The number of nitrogens with one attached hydrogen (secondary N) is 1. The number of halogens is 1. The fourth-order valence-electron chi connectivity index (χ4n) is 2.36. The highest BCUT2D eigenvalue weighted by Gasteiger charge is 2.26. The number of hydrogen-bond donors (Lipinski definition) is 1. The minimum Gasteiger partial charge on any atom is -0.302 e. The highest BCUT2D eigenvalue weighted by molar-refractivity contribution is 7.90. The van der Waals surface area contributed by atoms with Gasteiger partial charge in [0, 0.05) is 42.2 Å². The summed E-state index contributed by atoms with van der Waals surface area (Å²) >= 11 is 7.58. The van der Waals surface area contributed by atoms with Gasteiger partial charge in [0.15, 0.2) is 9.84 Å². The number of nitrogens with zero attached hydrogens (tertiary/aromatic N) is 2. The van der Waals surface area contributed by atoms with Gasteiger partial charge < -0.3 is 5.10 Å². The number of aryl methyl sites for hydroxylation is 1. The lowest BCUT2D eigenvalue weighted by Crippen LogP contribution is -2.19. The molecule has 0 unspecified atom stereocenters. The van der Waals surface area contributed by atoms with Gasteiger partial charge in [-0.05, 0) is 12.1 Å². The monoisotopic (exact) mass is 397 g/mol. The number of aromatic amines is 1. The van der Waals surface area contributed by atoms with Crippen molar-refractivity contribution in [2.75, 3.05) is 6.26 Å². The Labute approximate surface area is 151 Å². The molecule has 7 nitrogen and oxygen atoms in total. The first-order valence-electron chi connectivity index (χ1n) is 6.93. The van der Waals surface area contributed by atoms with E-state index in [-0.39, 0.29) is 26.6 Å². The maximum Gasteiger partial charge on any atom is 0.277 e. The quantitative estimate of drug-likeness (QED) is 0.679. The molecule has 0 radical (unpaired) electrons. The standard InChI is InChI=1S/C15H12ClN3O4S2/c1-19-15(21)9(7-18-19)13(20)8-3-4-10(25(2,22)23)11(12(8)16)14-17-5-6-24-14/h3-7,18H,1-2H3. The van der Waals surface area contributed by atoms with Crippen molar-refractivity contribution >= 4 is 38.6 Å². The van der Waals surface area contributed by atoms with Crippen LogP contribution < -0.4 is 5.56 Å². The molecule has 2 heterocycles. The zero-order valence-corrected chi connectivity index (χ0v) is 15.5. The molecule has 3 aromatic rings. The normalized spacial score (nSPS) is 11.6. The van der Waals surface area contributed by atoms with E-state index in [2.05, 4.69) is 10.1 Å². The maximum atomic E-state index is 12.7. The molecule has 3 rings (SSSR count). The number of hydrogen-bond acceptors (Lipinski definition) is 6. The molecule has 0 spiro atoms. The fraction of sp³-hybridized carbons (Fsp3) is 0.133. The molecule has 2 aromatic heterocycles. The Morgan fingerprint density at radius 2 is 2.04 bits per heavy atom. The molecule has 0 atom stereocenters. The third-order valence-corrected chi connectivity index (χ3v) is 5.90. The summed E-state index contributed by atoms with van der Waals surface area (Å²) in [5.41, 5.74) is -0.376. The lowest BCUT2D eigenvalue weighted by molar-refractivity contribution is 0.103. The van der Waals surface area contributed by atoms with Crippen LogP contribution in [0.3, 0.4) is 0 Å². The van der Waals surface area contributed by atoms with Crippen LogP contribution in [0.2, 0.25) is 5.02 Å². The third kappa shape index (κ3) is 3.06. The van der Waals surface area contributed by atoms with E-state index < -0.39 is 21.2 Å². The number of thiazole rings is 1. The highest BCUT2D eigenvalue weighted by atomic mass is 35.5. The van der Waals surface area contributed by atoms with Crippen LogP contribution >= 0.6 is 22.9 Å². The minimum atomic E-state index is -3.59. The smallest absolute Gasteiger partial charge is 0.277 e. The Morgan fingerprint density at radius 1 is 1.32 bits per heavy atom. The van der Waals surface area contributed by atoms with Crippen LogP contribution in [-0.4, -0.2) is 35.2 Å². The van der Waals surface area contributed by atoms with Gasteiger partial charge in [0.05, 0.1) is 9.92 Å². The number of carbonyl (C=O) groups is 1. The number of ketones is 1. The average Bonchev–Trinajstić information content (AvgIpc) is 3.17. The van der Waals surface area contributed by atoms with Gasteiger partial charge in [0.25, 0.3) is 5.56 Å². The topological polar surface area (TPSA) is 102 Å². The van der Waals surface area contributed by atoms with Gasteiger partial charge in [0.2, 0.25) is 5.78 Å². The molecule has 1 aromatic carbocycles. The van der Waals surface area contributed by atoms with Gasteiger partial charge in [-0.2, -0.15) is 0 Å². The molecule has 0 aliphatic heterocycles. The van der Waals surface area contributed by atoms with E-state index in [1.165, 1.54) is 42.9 Å². The average molecular weight is 398 g/mol. The summed E-state index contributed by atoms with van der Waals surface area (Å²) in [4.78, 5) is 28.8. The Balaban J connectivity index is 2.28. The summed E-state index contributed by atoms with van der Waals surface area (Å²) in [6.07, 6.45) is 3.85. The molecule has 130 valence electrons. The summed E-state index contributed by atoms with van der Waals surface area (Å²) in [7, 11) is -2.11. The van der Waals surface area contributed by atoms with Crippen LogP contribution in [0.4, 0.5) is 0 Å². The van der Waals surface area contributed by atoms with E-state index in [0.717, 1.165) is 10.9 Å². The maximum absolute atomic E-state index is 12.7. The summed E-state index contributed by atoms with van der Waals surface area (Å²) < 4.78 is 25.3. The second-order valence-electron chi connectivity index (χ2n) is 5.29. The Kier molecular flexibility index (Phi) is 4.40. The Hall–Kier alpha value is -2.23. The zero-order chi connectivity index (χ0) is 18.4. The molecular weight excluding hydrogens is 386 g/mol. The molecule has 0 aliphatic rings. The van der Waals surface area contributed by atoms with Crippen LogP contribution in [-0.2, 0) is 16.9 Å². The second kappa shape index (κ2) is 6.25. The summed E-state index contributed by atoms with van der Waals surface area (Å²) in [6.45, 7) is 0. The van der Waals surface area contributed by atoms with Gasteiger partial charge >= 0.3 is 0 Å². The number of benzene rings is 1. The molecule has 1 N–H and O–H groups in total. The molecular formula is C15H12ClN3O4S2. The third-order valence-electron chi connectivity index (χ3n) is 3.58. The van der Waals surface area contributed by atoms with E-state index in [9.17, 15) is 18.0 Å². The molecule has 0 saturated heterocycles. The van der Waals surface area contributed by atoms with Crippen molar-refractivity contribution < 1.29 is 13.2 Å². The van der Waals surface area contributed by atoms with Crippen molar-refractivity contribution in [2.45, 2.75) is 4.90 Å². The van der Waals surface area contributed by atoms with Crippen molar-refractivity contribution in [3.05, 3.63) is 56.4 Å². The van der Waals surface area contributed by atoms with Crippen molar-refractivity contribution in [1.29, 1.82) is 0 Å². The van der Waals surface area contributed by atoms with Crippen molar-refractivity contribution in [1.82, 2.24) is 14.8 Å². The molecule has 0 fully saturated rings. The van der Waals surface area contributed by atoms with Crippen LogP contribution in [0.15, 0.2) is 39.6 Å². The zero-order valence-electron chi connectivity index (χ0n) is 13.1. The lowest BCUT2D eigenvalue weighted by atomic mass is 10.0. The van der Waals surface area contributed by atoms with Gasteiger partial charge in [-0.3, -0.25) is 14.3 Å². The SMILES string of the molecule is Cn1[nH]cc(C(=O)c2ccc(S(C)(=O)=O)c(-c3nccs3)c2Cl)c1=O. The van der Waals surface area contributed by atoms with Crippen molar-refractivity contribution in [3.63, 3.8) is 0 Å². The van der Waals surface area contributed by atoms with E-state index >= 15 is 0 Å². The van der Waals surface area contributed by atoms with E-state index in [1.54, 1.807) is 5.38 Å². The first kappa shape index (κ1) is 17.6. The van der Waals surface area contributed by atoms with Crippen LogP contribution in [0.25, 0.3) is 10.6 Å². The van der Waals surface area contributed by atoms with Gasteiger partial charge in [0.1, 0.15) is 10.6 Å². The van der Waals surface area contributed by atoms with E-state index in [1.807, 2.05) is 0 Å².